The van der Waals surface area contributed by atoms with Gasteiger partial charge in [-0.15, -0.1) is 0 Å². The molecule has 7 heteroatoms. The van der Waals surface area contributed by atoms with Crippen molar-refractivity contribution in [3.63, 3.8) is 0 Å². The number of ether oxygens (including phenoxy) is 1. The molecule has 0 unspecified atom stereocenters. The van der Waals surface area contributed by atoms with Gasteiger partial charge in [-0.2, -0.15) is 0 Å². The molecule has 164 valence electrons. The molecule has 7 nitrogen and oxygen atoms in total. The molecule has 3 aromatic rings. The van der Waals surface area contributed by atoms with E-state index in [2.05, 4.69) is 9.97 Å². The van der Waals surface area contributed by atoms with E-state index in [1.165, 1.54) is 0 Å². The van der Waals surface area contributed by atoms with Gasteiger partial charge in [-0.25, -0.2) is 4.98 Å². The van der Waals surface area contributed by atoms with Crippen LogP contribution in [0.5, 0.6) is 0 Å². The van der Waals surface area contributed by atoms with Crippen LogP contribution in [-0.2, 0) is 9.53 Å². The zero-order chi connectivity index (χ0) is 22.1. The van der Waals surface area contributed by atoms with Crippen LogP contribution in [0, 0.1) is 5.41 Å². The van der Waals surface area contributed by atoms with Crippen molar-refractivity contribution in [2.45, 2.75) is 19.3 Å². The monoisotopic (exact) mass is 431 g/mol. The Morgan fingerprint density at radius 2 is 1.88 bits per heavy atom. The van der Waals surface area contributed by atoms with Crippen LogP contribution in [0.4, 0.5) is 0 Å². The maximum atomic E-state index is 13.1. The number of aliphatic carboxylic acids is 1. The number of rotatable bonds is 4. The quantitative estimate of drug-likeness (QED) is 0.611. The number of carboxylic acid groups (broad SMARTS) is 1. The smallest absolute Gasteiger partial charge is 0.313 e. The summed E-state index contributed by atoms with van der Waals surface area (Å²) in [5.41, 5.74) is 3.28. The van der Waals surface area contributed by atoms with Crippen molar-refractivity contribution in [2.24, 2.45) is 5.41 Å². The average Bonchev–Trinajstić information content (AvgIpc) is 3.28. The summed E-state index contributed by atoms with van der Waals surface area (Å²) in [5, 5.41) is 9.89. The second-order valence-electron chi connectivity index (χ2n) is 8.41. The highest BCUT2D eigenvalue weighted by Gasteiger charge is 2.44. The molecule has 32 heavy (non-hydrogen) atoms. The molecule has 0 saturated carbocycles. The van der Waals surface area contributed by atoms with Crippen molar-refractivity contribution in [1.82, 2.24) is 14.9 Å². The van der Waals surface area contributed by atoms with Crippen LogP contribution in [0.25, 0.3) is 22.4 Å². The van der Waals surface area contributed by atoms with Crippen LogP contribution in [0.2, 0.25) is 0 Å². The van der Waals surface area contributed by atoms with Crippen LogP contribution < -0.4 is 0 Å². The lowest BCUT2D eigenvalue weighted by Gasteiger charge is -2.38. The van der Waals surface area contributed by atoms with Crippen LogP contribution in [0.15, 0.2) is 60.2 Å². The Morgan fingerprint density at radius 1 is 1.09 bits per heavy atom. The van der Waals surface area contributed by atoms with E-state index in [1.807, 2.05) is 48.5 Å². The van der Waals surface area contributed by atoms with E-state index < -0.39 is 11.4 Å². The fraction of sp³-hybridized carbons (Fsp3) is 0.320. The zero-order valence-electron chi connectivity index (χ0n) is 17.7. The Hall–Kier alpha value is -3.45. The summed E-state index contributed by atoms with van der Waals surface area (Å²) in [7, 11) is 0. The standard InChI is InChI=1S/C25H25N3O4/c29-23(28-12-8-19(9-13-28)25(24(30)31)10-14-32-15-11-25)18-6-7-20-21(16-18)27-22(26-20)17-4-2-1-3-5-17/h1-8,16H,9-15H2,(H,26,27)(H,30,31). The molecule has 2 aliphatic heterocycles. The second-order valence-corrected chi connectivity index (χ2v) is 8.41. The molecule has 0 spiro atoms. The van der Waals surface area contributed by atoms with Crippen molar-refractivity contribution in [3.8, 4) is 11.4 Å². The van der Waals surface area contributed by atoms with Crippen LogP contribution in [-0.4, -0.2) is 58.2 Å². The Kier molecular flexibility index (Phi) is 5.27. The lowest BCUT2D eigenvalue weighted by atomic mass is 9.71. The van der Waals surface area contributed by atoms with Gasteiger partial charge >= 0.3 is 5.97 Å². The van der Waals surface area contributed by atoms with Gasteiger partial charge in [-0.05, 0) is 37.5 Å². The predicted molar refractivity (Wildman–Crippen MR) is 120 cm³/mol. The Bertz CT molecular complexity index is 1190. The van der Waals surface area contributed by atoms with Gasteiger partial charge in [0.15, 0.2) is 0 Å². The van der Waals surface area contributed by atoms with Gasteiger partial charge in [0, 0.05) is 37.4 Å². The molecule has 0 radical (unpaired) electrons. The van der Waals surface area contributed by atoms with Crippen molar-refractivity contribution in [2.75, 3.05) is 26.3 Å². The lowest BCUT2D eigenvalue weighted by molar-refractivity contribution is -0.151. The summed E-state index contributed by atoms with van der Waals surface area (Å²) in [6, 6.07) is 15.4. The van der Waals surface area contributed by atoms with Crippen molar-refractivity contribution < 1.29 is 19.4 Å². The highest BCUT2D eigenvalue weighted by molar-refractivity contribution is 5.98. The average molecular weight is 431 g/mol. The minimum absolute atomic E-state index is 0.0607. The first-order valence-corrected chi connectivity index (χ1v) is 10.9. The number of hydrogen-bond donors (Lipinski definition) is 2. The molecule has 0 atom stereocenters. The first kappa shape index (κ1) is 20.5. The SMILES string of the molecule is O=C(c1ccc2nc(-c3ccccc3)[nH]c2c1)N1CC=C(C2(C(=O)O)CCOCC2)CC1. The first-order chi connectivity index (χ1) is 15.6. The molecule has 0 aliphatic carbocycles. The molecule has 0 bridgehead atoms. The summed E-state index contributed by atoms with van der Waals surface area (Å²) in [4.78, 5) is 34.9. The van der Waals surface area contributed by atoms with Crippen molar-refractivity contribution >= 4 is 22.9 Å². The molecule has 1 saturated heterocycles. The minimum Gasteiger partial charge on any atom is -0.481 e. The van der Waals surface area contributed by atoms with Gasteiger partial charge in [0.05, 0.1) is 16.4 Å². The number of nitrogens with zero attached hydrogens (tertiary/aromatic N) is 2. The largest absolute Gasteiger partial charge is 0.481 e. The first-order valence-electron chi connectivity index (χ1n) is 10.9. The van der Waals surface area contributed by atoms with Crippen molar-refractivity contribution in [1.29, 1.82) is 0 Å². The van der Waals surface area contributed by atoms with Gasteiger partial charge in [0.25, 0.3) is 5.91 Å². The number of H-pyrrole nitrogens is 1. The van der Waals surface area contributed by atoms with E-state index in [4.69, 9.17) is 4.74 Å². The molecule has 1 aromatic heterocycles. The van der Waals surface area contributed by atoms with Gasteiger partial charge in [0.2, 0.25) is 0 Å². The number of amides is 1. The van der Waals surface area contributed by atoms with E-state index in [1.54, 1.807) is 11.0 Å². The zero-order valence-corrected chi connectivity index (χ0v) is 17.7. The van der Waals surface area contributed by atoms with Crippen LogP contribution in [0.3, 0.4) is 0 Å². The Morgan fingerprint density at radius 3 is 2.56 bits per heavy atom. The predicted octanol–water partition coefficient (Wildman–Crippen LogP) is 3.88. The van der Waals surface area contributed by atoms with Crippen molar-refractivity contribution in [3.05, 3.63) is 65.7 Å². The number of carboxylic acids is 1. The summed E-state index contributed by atoms with van der Waals surface area (Å²) in [5.74, 6) is -0.0775. The Balaban J connectivity index is 1.35. The van der Waals surface area contributed by atoms with E-state index in [-0.39, 0.29) is 5.91 Å². The third-order valence-electron chi connectivity index (χ3n) is 6.64. The molecule has 3 heterocycles. The van der Waals surface area contributed by atoms with E-state index >= 15 is 0 Å². The highest BCUT2D eigenvalue weighted by atomic mass is 16.5. The molecular formula is C25H25N3O4. The van der Waals surface area contributed by atoms with E-state index in [0.29, 0.717) is 51.1 Å². The Labute approximate surface area is 185 Å². The third-order valence-corrected chi connectivity index (χ3v) is 6.64. The fourth-order valence-corrected chi connectivity index (χ4v) is 4.74. The topological polar surface area (TPSA) is 95.5 Å². The summed E-state index contributed by atoms with van der Waals surface area (Å²) < 4.78 is 5.38. The summed E-state index contributed by atoms with van der Waals surface area (Å²) in [6.07, 6.45) is 3.48. The maximum absolute atomic E-state index is 13.1. The number of aromatic amines is 1. The number of benzene rings is 2. The third kappa shape index (κ3) is 3.58. The molecule has 1 fully saturated rings. The molecule has 1 amide bonds. The molecule has 5 rings (SSSR count). The normalized spacial score (nSPS) is 18.4. The number of carbonyl (C=O) groups excluding carboxylic acids is 1. The second kappa shape index (κ2) is 8.24. The van der Waals surface area contributed by atoms with Gasteiger partial charge in [-0.3, -0.25) is 9.59 Å². The van der Waals surface area contributed by atoms with Gasteiger partial charge < -0.3 is 19.7 Å². The number of carbonyl (C=O) groups is 2. The summed E-state index contributed by atoms with van der Waals surface area (Å²) in [6.45, 7) is 1.85. The van der Waals surface area contributed by atoms with Gasteiger partial charge in [-0.1, -0.05) is 42.0 Å². The minimum atomic E-state index is -0.851. The van der Waals surface area contributed by atoms with E-state index in [9.17, 15) is 14.7 Å². The number of nitrogens with one attached hydrogen (secondary N) is 1. The van der Waals surface area contributed by atoms with Gasteiger partial charge in [0.1, 0.15) is 5.82 Å². The molecular weight excluding hydrogens is 406 g/mol. The highest BCUT2D eigenvalue weighted by Crippen LogP contribution is 2.41. The number of imidazole rings is 1. The van der Waals surface area contributed by atoms with Crippen LogP contribution >= 0.6 is 0 Å². The summed E-state index contributed by atoms with van der Waals surface area (Å²) >= 11 is 0. The number of aromatic nitrogens is 2. The molecule has 2 aromatic carbocycles. The maximum Gasteiger partial charge on any atom is 0.313 e. The fourth-order valence-electron chi connectivity index (χ4n) is 4.74. The van der Waals surface area contributed by atoms with E-state index in [0.717, 1.165) is 28.0 Å². The molecule has 2 N–H and O–H groups in total. The van der Waals surface area contributed by atoms with Crippen LogP contribution in [0.1, 0.15) is 29.6 Å². The number of fused-ring (bicyclic) bond motifs is 1. The lowest BCUT2D eigenvalue weighted by Crippen LogP contribution is -2.43. The molecule has 2 aliphatic rings. The number of hydrogen-bond acceptors (Lipinski definition) is 4.